The standard InChI is InChI=1S/C16H24N4O.ClH/c1-13-15(16(21-3)19(2)18-13)12-20(10-9-17)11-14-7-5-4-6-8-14;/h4-8H,9-12,17H2,1-3H3;1H. The van der Waals surface area contributed by atoms with Gasteiger partial charge in [-0.2, -0.15) is 5.10 Å². The maximum Gasteiger partial charge on any atom is 0.216 e. The minimum Gasteiger partial charge on any atom is -0.481 e. The summed E-state index contributed by atoms with van der Waals surface area (Å²) >= 11 is 0. The van der Waals surface area contributed by atoms with Crippen LogP contribution in [0.2, 0.25) is 0 Å². The summed E-state index contributed by atoms with van der Waals surface area (Å²) in [6.45, 7) is 5.15. The lowest BCUT2D eigenvalue weighted by Crippen LogP contribution is -2.29. The van der Waals surface area contributed by atoms with Crippen molar-refractivity contribution >= 4 is 12.4 Å². The van der Waals surface area contributed by atoms with Crippen molar-refractivity contribution in [2.45, 2.75) is 20.0 Å². The molecule has 2 aromatic rings. The SMILES string of the molecule is COc1c(CN(CCN)Cc2ccccc2)c(C)nn1C.Cl. The lowest BCUT2D eigenvalue weighted by molar-refractivity contribution is 0.258. The van der Waals surface area contributed by atoms with Gasteiger partial charge in [-0.3, -0.25) is 4.90 Å². The van der Waals surface area contributed by atoms with E-state index in [1.807, 2.05) is 20.0 Å². The molecule has 22 heavy (non-hydrogen) atoms. The number of aryl methyl sites for hydroxylation is 2. The first kappa shape index (κ1) is 18.5. The average Bonchev–Trinajstić information content (AvgIpc) is 2.74. The Morgan fingerprint density at radius 1 is 1.23 bits per heavy atom. The molecule has 0 atom stereocenters. The molecule has 122 valence electrons. The van der Waals surface area contributed by atoms with Crippen molar-refractivity contribution in [2.24, 2.45) is 12.8 Å². The van der Waals surface area contributed by atoms with E-state index in [0.29, 0.717) is 6.54 Å². The monoisotopic (exact) mass is 324 g/mol. The summed E-state index contributed by atoms with van der Waals surface area (Å²) in [6.07, 6.45) is 0. The van der Waals surface area contributed by atoms with Crippen LogP contribution in [-0.2, 0) is 20.1 Å². The van der Waals surface area contributed by atoms with E-state index in [1.165, 1.54) is 5.56 Å². The van der Waals surface area contributed by atoms with Gasteiger partial charge in [0.25, 0.3) is 0 Å². The van der Waals surface area contributed by atoms with E-state index in [0.717, 1.165) is 36.8 Å². The van der Waals surface area contributed by atoms with Gasteiger partial charge in [-0.1, -0.05) is 30.3 Å². The number of aromatic nitrogens is 2. The Morgan fingerprint density at radius 3 is 2.50 bits per heavy atom. The molecule has 0 radical (unpaired) electrons. The molecule has 0 aliphatic carbocycles. The Balaban J connectivity index is 0.00000242. The molecule has 0 bridgehead atoms. The third-order valence-electron chi connectivity index (χ3n) is 3.56. The molecule has 0 amide bonds. The Morgan fingerprint density at radius 2 is 1.91 bits per heavy atom. The molecule has 0 aliphatic rings. The topological polar surface area (TPSA) is 56.3 Å². The first-order valence-corrected chi connectivity index (χ1v) is 7.18. The fraction of sp³-hybridized carbons (Fsp3) is 0.438. The van der Waals surface area contributed by atoms with Gasteiger partial charge in [-0.25, -0.2) is 4.68 Å². The minimum absolute atomic E-state index is 0. The highest BCUT2D eigenvalue weighted by molar-refractivity contribution is 5.85. The number of nitrogens with zero attached hydrogens (tertiary/aromatic N) is 3. The maximum absolute atomic E-state index is 5.76. The predicted molar refractivity (Wildman–Crippen MR) is 91.4 cm³/mol. The third-order valence-corrected chi connectivity index (χ3v) is 3.56. The molecule has 1 aromatic heterocycles. The van der Waals surface area contributed by atoms with Crippen LogP contribution < -0.4 is 10.5 Å². The molecule has 1 heterocycles. The molecule has 0 aliphatic heterocycles. The molecule has 1 aromatic carbocycles. The first-order chi connectivity index (χ1) is 10.2. The summed E-state index contributed by atoms with van der Waals surface area (Å²) in [5.74, 6) is 0.822. The second kappa shape index (κ2) is 8.78. The van der Waals surface area contributed by atoms with Crippen LogP contribution in [0, 0.1) is 6.92 Å². The van der Waals surface area contributed by atoms with Crippen LogP contribution in [0.1, 0.15) is 16.8 Å². The highest BCUT2D eigenvalue weighted by Gasteiger charge is 2.17. The van der Waals surface area contributed by atoms with Gasteiger partial charge in [0.2, 0.25) is 5.88 Å². The van der Waals surface area contributed by atoms with Gasteiger partial charge >= 0.3 is 0 Å². The number of hydrogen-bond acceptors (Lipinski definition) is 4. The first-order valence-electron chi connectivity index (χ1n) is 7.18. The lowest BCUT2D eigenvalue weighted by Gasteiger charge is -2.22. The Kier molecular flexibility index (Phi) is 7.38. The summed E-state index contributed by atoms with van der Waals surface area (Å²) in [5.41, 5.74) is 9.17. The number of nitrogens with two attached hydrogens (primary N) is 1. The zero-order valence-electron chi connectivity index (χ0n) is 13.5. The van der Waals surface area contributed by atoms with Crippen molar-refractivity contribution in [3.63, 3.8) is 0 Å². The lowest BCUT2D eigenvalue weighted by atomic mass is 10.2. The highest BCUT2D eigenvalue weighted by Crippen LogP contribution is 2.23. The van der Waals surface area contributed by atoms with Crippen LogP contribution in [-0.4, -0.2) is 34.9 Å². The molecule has 5 nitrogen and oxygen atoms in total. The Hall–Kier alpha value is -1.56. The van der Waals surface area contributed by atoms with E-state index < -0.39 is 0 Å². The van der Waals surface area contributed by atoms with E-state index >= 15 is 0 Å². The zero-order chi connectivity index (χ0) is 15.2. The number of benzene rings is 1. The zero-order valence-corrected chi connectivity index (χ0v) is 14.3. The van der Waals surface area contributed by atoms with Crippen LogP contribution in [0.25, 0.3) is 0 Å². The van der Waals surface area contributed by atoms with Crippen LogP contribution >= 0.6 is 12.4 Å². The van der Waals surface area contributed by atoms with E-state index in [-0.39, 0.29) is 12.4 Å². The molecule has 2 rings (SSSR count). The van der Waals surface area contributed by atoms with Crippen molar-refractivity contribution in [3.05, 3.63) is 47.2 Å². The number of halogens is 1. The predicted octanol–water partition coefficient (Wildman–Crippen LogP) is 2.12. The summed E-state index contributed by atoms with van der Waals surface area (Å²) in [5, 5.41) is 4.44. The van der Waals surface area contributed by atoms with Gasteiger partial charge in [0.15, 0.2) is 0 Å². The second-order valence-electron chi connectivity index (χ2n) is 5.18. The summed E-state index contributed by atoms with van der Waals surface area (Å²) in [4.78, 5) is 2.32. The van der Waals surface area contributed by atoms with E-state index in [2.05, 4.69) is 34.3 Å². The molecule has 0 saturated carbocycles. The van der Waals surface area contributed by atoms with Gasteiger partial charge in [0.05, 0.1) is 18.4 Å². The summed E-state index contributed by atoms with van der Waals surface area (Å²) < 4.78 is 7.25. The van der Waals surface area contributed by atoms with E-state index in [9.17, 15) is 0 Å². The van der Waals surface area contributed by atoms with Crippen molar-refractivity contribution in [1.82, 2.24) is 14.7 Å². The maximum atomic E-state index is 5.76. The van der Waals surface area contributed by atoms with Crippen molar-refractivity contribution in [2.75, 3.05) is 20.2 Å². The molecule has 0 fully saturated rings. The molecule has 0 saturated heterocycles. The van der Waals surface area contributed by atoms with Crippen LogP contribution in [0.5, 0.6) is 5.88 Å². The van der Waals surface area contributed by atoms with Crippen LogP contribution in [0.4, 0.5) is 0 Å². The van der Waals surface area contributed by atoms with Crippen LogP contribution in [0.3, 0.4) is 0 Å². The van der Waals surface area contributed by atoms with Crippen molar-refractivity contribution in [1.29, 1.82) is 0 Å². The number of hydrogen-bond donors (Lipinski definition) is 1. The Labute approximate surface area is 138 Å². The second-order valence-corrected chi connectivity index (χ2v) is 5.18. The molecular formula is C16H25ClN4O. The highest BCUT2D eigenvalue weighted by atomic mass is 35.5. The molecule has 0 unspecified atom stereocenters. The molecule has 0 spiro atoms. The normalized spacial score (nSPS) is 10.6. The number of ether oxygens (including phenoxy) is 1. The quantitative estimate of drug-likeness (QED) is 0.847. The van der Waals surface area contributed by atoms with E-state index in [4.69, 9.17) is 10.5 Å². The van der Waals surface area contributed by atoms with Crippen LogP contribution in [0.15, 0.2) is 30.3 Å². The fourth-order valence-corrected chi connectivity index (χ4v) is 2.58. The van der Waals surface area contributed by atoms with Crippen molar-refractivity contribution in [3.8, 4) is 5.88 Å². The van der Waals surface area contributed by atoms with Gasteiger partial charge in [-0.05, 0) is 12.5 Å². The smallest absolute Gasteiger partial charge is 0.216 e. The van der Waals surface area contributed by atoms with Gasteiger partial charge in [0.1, 0.15) is 0 Å². The summed E-state index contributed by atoms with van der Waals surface area (Å²) in [7, 11) is 3.59. The van der Waals surface area contributed by atoms with Gasteiger partial charge < -0.3 is 10.5 Å². The number of methoxy groups -OCH3 is 1. The van der Waals surface area contributed by atoms with Gasteiger partial charge in [0, 0.05) is 33.2 Å². The summed E-state index contributed by atoms with van der Waals surface area (Å²) in [6, 6.07) is 10.4. The minimum atomic E-state index is 0. The molecule has 6 heteroatoms. The average molecular weight is 325 g/mol. The molecular weight excluding hydrogens is 300 g/mol. The Bertz CT molecular complexity index is 571. The largest absolute Gasteiger partial charge is 0.481 e. The molecule has 2 N–H and O–H groups in total. The van der Waals surface area contributed by atoms with Gasteiger partial charge in [-0.15, -0.1) is 12.4 Å². The van der Waals surface area contributed by atoms with Crippen molar-refractivity contribution < 1.29 is 4.74 Å². The third kappa shape index (κ3) is 4.47. The number of rotatable bonds is 7. The van der Waals surface area contributed by atoms with E-state index in [1.54, 1.807) is 11.8 Å². The fourth-order valence-electron chi connectivity index (χ4n) is 2.58.